The largest absolute Gasteiger partial charge is 0.381 e. The maximum atomic E-state index is 13.5. The Hall–Kier alpha value is -1.99. The van der Waals surface area contributed by atoms with Crippen LogP contribution >= 0.6 is 0 Å². The summed E-state index contributed by atoms with van der Waals surface area (Å²) in [5, 5.41) is 5.65. The zero-order chi connectivity index (χ0) is 19.1. The fraction of sp³-hybridized carbons (Fsp3) is 0.600. The van der Waals surface area contributed by atoms with E-state index in [0.29, 0.717) is 6.04 Å². The van der Waals surface area contributed by atoms with Crippen LogP contribution in [0, 0.1) is 5.82 Å². The fourth-order valence-corrected chi connectivity index (χ4v) is 3.79. The Balaban J connectivity index is 1.33. The zero-order valence-electron chi connectivity index (χ0n) is 15.6. The average Bonchev–Trinajstić information content (AvgIpc) is 2.69. The van der Waals surface area contributed by atoms with Crippen LogP contribution in [0.2, 0.25) is 0 Å². The van der Waals surface area contributed by atoms with Crippen LogP contribution in [0.15, 0.2) is 24.3 Å². The van der Waals surface area contributed by atoms with Crippen LogP contribution in [0.5, 0.6) is 0 Å². The maximum absolute atomic E-state index is 13.5. The van der Waals surface area contributed by atoms with Gasteiger partial charge in [-0.25, -0.2) is 4.39 Å². The van der Waals surface area contributed by atoms with Crippen molar-refractivity contribution in [3.63, 3.8) is 0 Å². The summed E-state index contributed by atoms with van der Waals surface area (Å²) < 4.78 is 19.0. The molecule has 1 aromatic rings. The van der Waals surface area contributed by atoms with E-state index < -0.39 is 11.7 Å². The van der Waals surface area contributed by atoms with Crippen molar-refractivity contribution in [1.82, 2.24) is 15.5 Å². The topological polar surface area (TPSA) is 70.7 Å². The molecular weight excluding hydrogens is 349 g/mol. The summed E-state index contributed by atoms with van der Waals surface area (Å²) in [5.41, 5.74) is -0.00149. The van der Waals surface area contributed by atoms with E-state index in [1.165, 1.54) is 18.2 Å². The van der Waals surface area contributed by atoms with E-state index in [4.69, 9.17) is 4.74 Å². The summed E-state index contributed by atoms with van der Waals surface area (Å²) >= 11 is 0. The number of halogens is 1. The second-order valence-corrected chi connectivity index (χ2v) is 7.21. The number of ether oxygens (including phenoxy) is 1. The van der Waals surface area contributed by atoms with Gasteiger partial charge in [0.15, 0.2) is 0 Å². The van der Waals surface area contributed by atoms with Crippen molar-refractivity contribution in [2.45, 2.75) is 44.2 Å². The van der Waals surface area contributed by atoms with Crippen molar-refractivity contribution in [3.05, 3.63) is 35.6 Å². The molecular formula is C20H28FN3O3. The van der Waals surface area contributed by atoms with Crippen molar-refractivity contribution in [2.75, 3.05) is 32.8 Å². The number of nitrogens with one attached hydrogen (secondary N) is 2. The normalized spacial score (nSPS) is 19.6. The quantitative estimate of drug-likeness (QED) is 0.792. The molecule has 2 heterocycles. The highest BCUT2D eigenvalue weighted by atomic mass is 19.1. The number of rotatable bonds is 6. The number of amides is 2. The minimum Gasteiger partial charge on any atom is -0.381 e. The van der Waals surface area contributed by atoms with Gasteiger partial charge in [0.2, 0.25) is 5.91 Å². The van der Waals surface area contributed by atoms with Gasteiger partial charge >= 0.3 is 0 Å². The van der Waals surface area contributed by atoms with E-state index >= 15 is 0 Å². The van der Waals surface area contributed by atoms with Gasteiger partial charge in [0, 0.05) is 51.4 Å². The van der Waals surface area contributed by atoms with E-state index in [9.17, 15) is 14.0 Å². The van der Waals surface area contributed by atoms with Crippen LogP contribution in [0.3, 0.4) is 0 Å². The molecule has 2 fully saturated rings. The first-order valence-corrected chi connectivity index (χ1v) is 9.77. The molecule has 3 rings (SSSR count). The van der Waals surface area contributed by atoms with E-state index in [-0.39, 0.29) is 30.5 Å². The molecule has 0 bridgehead atoms. The molecule has 27 heavy (non-hydrogen) atoms. The molecule has 0 radical (unpaired) electrons. The molecule has 0 aliphatic carbocycles. The SMILES string of the molecule is O=C(CCNC(=O)c1ccccc1F)NC1CCN(C2CCOCC2)CC1. The molecule has 148 valence electrons. The molecule has 0 atom stereocenters. The molecule has 2 aliphatic rings. The van der Waals surface area contributed by atoms with Gasteiger partial charge in [0.1, 0.15) is 5.82 Å². The van der Waals surface area contributed by atoms with Crippen molar-refractivity contribution < 1.29 is 18.7 Å². The van der Waals surface area contributed by atoms with Crippen LogP contribution in [-0.2, 0) is 9.53 Å². The highest BCUT2D eigenvalue weighted by Crippen LogP contribution is 2.19. The van der Waals surface area contributed by atoms with Crippen LogP contribution in [0.1, 0.15) is 42.5 Å². The van der Waals surface area contributed by atoms with Crippen molar-refractivity contribution in [3.8, 4) is 0 Å². The smallest absolute Gasteiger partial charge is 0.254 e. The average molecular weight is 377 g/mol. The van der Waals surface area contributed by atoms with Gasteiger partial charge in [-0.1, -0.05) is 12.1 Å². The molecule has 2 aliphatic heterocycles. The summed E-state index contributed by atoms with van der Waals surface area (Å²) in [5.74, 6) is -1.13. The van der Waals surface area contributed by atoms with E-state index in [2.05, 4.69) is 15.5 Å². The Morgan fingerprint density at radius 1 is 1.11 bits per heavy atom. The number of carbonyl (C=O) groups excluding carboxylic acids is 2. The van der Waals surface area contributed by atoms with Gasteiger partial charge in [-0.2, -0.15) is 0 Å². The Kier molecular flexibility index (Phi) is 7.18. The Morgan fingerprint density at radius 3 is 2.52 bits per heavy atom. The molecule has 2 N–H and O–H groups in total. The predicted octanol–water partition coefficient (Wildman–Crippen LogP) is 1.71. The highest BCUT2D eigenvalue weighted by Gasteiger charge is 2.27. The molecule has 0 spiro atoms. The summed E-state index contributed by atoms with van der Waals surface area (Å²) in [6, 6.07) is 6.62. The highest BCUT2D eigenvalue weighted by molar-refractivity contribution is 5.94. The van der Waals surface area contributed by atoms with Crippen LogP contribution in [-0.4, -0.2) is 61.6 Å². The number of hydrogen-bond donors (Lipinski definition) is 2. The first-order valence-electron chi connectivity index (χ1n) is 9.77. The number of hydrogen-bond acceptors (Lipinski definition) is 4. The lowest BCUT2D eigenvalue weighted by atomic mass is 9.99. The third-order valence-corrected chi connectivity index (χ3v) is 5.36. The lowest BCUT2D eigenvalue weighted by Gasteiger charge is -2.39. The number of benzene rings is 1. The van der Waals surface area contributed by atoms with Gasteiger partial charge in [-0.3, -0.25) is 9.59 Å². The van der Waals surface area contributed by atoms with Crippen molar-refractivity contribution in [1.29, 1.82) is 0 Å². The third kappa shape index (κ3) is 5.74. The van der Waals surface area contributed by atoms with Crippen LogP contribution in [0.25, 0.3) is 0 Å². The summed E-state index contributed by atoms with van der Waals surface area (Å²) in [6.45, 7) is 3.89. The van der Waals surface area contributed by atoms with Gasteiger partial charge < -0.3 is 20.3 Å². The van der Waals surface area contributed by atoms with Gasteiger partial charge in [0.05, 0.1) is 5.56 Å². The minimum atomic E-state index is -0.560. The standard InChI is InChI=1S/C20H28FN3O3/c21-18-4-2-1-3-17(18)20(26)22-10-5-19(25)23-15-6-11-24(12-7-15)16-8-13-27-14-9-16/h1-4,15-16H,5-14H2,(H,22,26)(H,23,25). The Bertz CT molecular complexity index is 641. The number of piperidine rings is 1. The molecule has 1 aromatic carbocycles. The molecule has 7 heteroatoms. The first-order chi connectivity index (χ1) is 13.1. The van der Waals surface area contributed by atoms with Crippen molar-refractivity contribution in [2.24, 2.45) is 0 Å². The van der Waals surface area contributed by atoms with Gasteiger partial charge in [-0.15, -0.1) is 0 Å². The van der Waals surface area contributed by atoms with E-state index in [1.807, 2.05) is 0 Å². The number of carbonyl (C=O) groups is 2. The molecule has 0 aromatic heterocycles. The maximum Gasteiger partial charge on any atom is 0.254 e. The van der Waals surface area contributed by atoms with Gasteiger partial charge in [0.25, 0.3) is 5.91 Å². The predicted molar refractivity (Wildman–Crippen MR) is 99.9 cm³/mol. The molecule has 0 saturated carbocycles. The van der Waals surface area contributed by atoms with Crippen LogP contribution < -0.4 is 10.6 Å². The molecule has 0 unspecified atom stereocenters. The lowest BCUT2D eigenvalue weighted by molar-refractivity contribution is -0.122. The van der Waals surface area contributed by atoms with E-state index in [0.717, 1.165) is 52.0 Å². The molecule has 2 amide bonds. The second-order valence-electron chi connectivity index (χ2n) is 7.21. The Morgan fingerprint density at radius 2 is 1.81 bits per heavy atom. The second kappa shape index (κ2) is 9.80. The number of likely N-dealkylation sites (tertiary alicyclic amines) is 1. The first kappa shape index (κ1) is 19.8. The van der Waals surface area contributed by atoms with Crippen molar-refractivity contribution >= 4 is 11.8 Å². The number of nitrogens with zero attached hydrogens (tertiary/aromatic N) is 1. The van der Waals surface area contributed by atoms with Crippen LogP contribution in [0.4, 0.5) is 4.39 Å². The summed E-state index contributed by atoms with van der Waals surface area (Å²) in [7, 11) is 0. The lowest BCUT2D eigenvalue weighted by Crippen LogP contribution is -2.49. The van der Waals surface area contributed by atoms with Gasteiger partial charge in [-0.05, 0) is 37.8 Å². The molecule has 6 nitrogen and oxygen atoms in total. The third-order valence-electron chi connectivity index (χ3n) is 5.36. The summed E-state index contributed by atoms with van der Waals surface area (Å²) in [6.07, 6.45) is 4.28. The minimum absolute atomic E-state index is 0.00149. The molecule has 2 saturated heterocycles. The monoisotopic (exact) mass is 377 g/mol. The zero-order valence-corrected chi connectivity index (χ0v) is 15.6. The van der Waals surface area contributed by atoms with E-state index in [1.54, 1.807) is 6.07 Å². The summed E-state index contributed by atoms with van der Waals surface area (Å²) in [4.78, 5) is 26.6. The fourth-order valence-electron chi connectivity index (χ4n) is 3.79. The Labute approximate surface area is 159 Å².